The topological polar surface area (TPSA) is 82.6 Å². The van der Waals surface area contributed by atoms with E-state index >= 15 is 0 Å². The molecule has 1 aliphatic rings. The van der Waals surface area contributed by atoms with Crippen LogP contribution < -0.4 is 16.0 Å². The second kappa shape index (κ2) is 13.0. The Morgan fingerprint density at radius 2 is 1.67 bits per heavy atom. The Hall–Kier alpha value is -1.54. The standard InChI is InChI=1S/C21H28Cl2N4O2S/c1-14(19(28)25-13-8-6-4-3-5-7-12-24-2)18-20(29)27-21(30-18)26-17-15(22)10-9-11-16(17)23/h9-11,24H,3-8,12-13H2,1-2H3,(H,25,28)(H,26,27,29). The SMILES string of the molecule is CNCCCCCCCCNC(=O)C(C)=C1SC(=Nc2c(Cl)cccc2Cl)NC1=O. The van der Waals surface area contributed by atoms with Gasteiger partial charge in [0.1, 0.15) is 5.69 Å². The van der Waals surface area contributed by atoms with Crippen molar-refractivity contribution in [2.24, 2.45) is 4.99 Å². The first kappa shape index (κ1) is 24.7. The molecule has 2 rings (SSSR count). The summed E-state index contributed by atoms with van der Waals surface area (Å²) in [6.07, 6.45) is 6.83. The maximum atomic E-state index is 12.4. The lowest BCUT2D eigenvalue weighted by atomic mass is 10.1. The third kappa shape index (κ3) is 7.61. The number of amidine groups is 1. The predicted octanol–water partition coefficient (Wildman–Crippen LogP) is 4.79. The van der Waals surface area contributed by atoms with Crippen LogP contribution in [0.25, 0.3) is 0 Å². The molecule has 1 aromatic carbocycles. The van der Waals surface area contributed by atoms with Crippen molar-refractivity contribution >= 4 is 57.6 Å². The van der Waals surface area contributed by atoms with Crippen LogP contribution in [0.3, 0.4) is 0 Å². The molecule has 0 radical (unpaired) electrons. The molecule has 6 nitrogen and oxygen atoms in total. The molecular weight excluding hydrogens is 443 g/mol. The van der Waals surface area contributed by atoms with E-state index in [-0.39, 0.29) is 11.8 Å². The van der Waals surface area contributed by atoms with Crippen molar-refractivity contribution in [2.75, 3.05) is 20.1 Å². The van der Waals surface area contributed by atoms with Gasteiger partial charge in [-0.3, -0.25) is 9.59 Å². The summed E-state index contributed by atoms with van der Waals surface area (Å²) in [6.45, 7) is 3.31. The van der Waals surface area contributed by atoms with E-state index in [2.05, 4.69) is 20.9 Å². The highest BCUT2D eigenvalue weighted by Gasteiger charge is 2.28. The monoisotopic (exact) mass is 470 g/mol. The molecule has 0 spiro atoms. The van der Waals surface area contributed by atoms with Gasteiger partial charge in [-0.05, 0) is 57.3 Å². The van der Waals surface area contributed by atoms with Crippen LogP contribution in [0.5, 0.6) is 0 Å². The molecule has 1 fully saturated rings. The summed E-state index contributed by atoms with van der Waals surface area (Å²) in [7, 11) is 1.97. The number of carbonyl (C=O) groups is 2. The highest BCUT2D eigenvalue weighted by atomic mass is 35.5. The highest BCUT2D eigenvalue weighted by Crippen LogP contribution is 2.35. The number of rotatable bonds is 11. The fraction of sp³-hybridized carbons (Fsp3) is 0.476. The van der Waals surface area contributed by atoms with Gasteiger partial charge < -0.3 is 16.0 Å². The van der Waals surface area contributed by atoms with Crippen LogP contribution in [-0.2, 0) is 9.59 Å². The molecule has 9 heteroatoms. The Morgan fingerprint density at radius 3 is 2.30 bits per heavy atom. The van der Waals surface area contributed by atoms with Crippen molar-refractivity contribution in [1.82, 2.24) is 16.0 Å². The largest absolute Gasteiger partial charge is 0.352 e. The summed E-state index contributed by atoms with van der Waals surface area (Å²) in [5, 5.41) is 9.82. The van der Waals surface area contributed by atoms with Crippen LogP contribution in [0.2, 0.25) is 10.0 Å². The zero-order valence-corrected chi connectivity index (χ0v) is 19.6. The molecule has 0 aliphatic carbocycles. The number of carbonyl (C=O) groups excluding carboxylic acids is 2. The quantitative estimate of drug-likeness (QED) is 0.320. The second-order valence-electron chi connectivity index (χ2n) is 6.98. The van der Waals surface area contributed by atoms with Crippen LogP contribution in [0.15, 0.2) is 33.7 Å². The molecule has 3 N–H and O–H groups in total. The number of aliphatic imine (C=N–C) groups is 1. The zero-order valence-electron chi connectivity index (χ0n) is 17.3. The van der Waals surface area contributed by atoms with Crippen molar-refractivity contribution in [2.45, 2.75) is 45.4 Å². The van der Waals surface area contributed by atoms with Crippen LogP contribution in [0.4, 0.5) is 5.69 Å². The lowest BCUT2D eigenvalue weighted by Gasteiger charge is -2.07. The second-order valence-corrected chi connectivity index (χ2v) is 8.79. The van der Waals surface area contributed by atoms with Gasteiger partial charge in [-0.15, -0.1) is 0 Å². The average molecular weight is 471 g/mol. The first-order valence-electron chi connectivity index (χ1n) is 10.1. The number of amides is 2. The van der Waals surface area contributed by atoms with Gasteiger partial charge in [0.05, 0.1) is 15.0 Å². The van der Waals surface area contributed by atoms with E-state index in [4.69, 9.17) is 23.2 Å². The van der Waals surface area contributed by atoms with Crippen LogP contribution in [0, 0.1) is 0 Å². The maximum Gasteiger partial charge on any atom is 0.264 e. The number of halogens is 2. The number of thioether (sulfide) groups is 1. The van der Waals surface area contributed by atoms with Gasteiger partial charge >= 0.3 is 0 Å². The van der Waals surface area contributed by atoms with Crippen molar-refractivity contribution < 1.29 is 9.59 Å². The molecule has 0 unspecified atom stereocenters. The molecule has 1 aromatic rings. The van der Waals surface area contributed by atoms with Crippen molar-refractivity contribution in [3.05, 3.63) is 38.7 Å². The Bertz CT molecular complexity index is 807. The molecule has 0 aromatic heterocycles. The van der Waals surface area contributed by atoms with Crippen LogP contribution in [-0.4, -0.2) is 37.1 Å². The number of hydrogen-bond donors (Lipinski definition) is 3. The van der Waals surface area contributed by atoms with Gasteiger partial charge in [-0.2, -0.15) is 0 Å². The molecule has 30 heavy (non-hydrogen) atoms. The van der Waals surface area contributed by atoms with Crippen molar-refractivity contribution in [3.8, 4) is 0 Å². The fourth-order valence-corrected chi connectivity index (χ4v) is 4.23. The van der Waals surface area contributed by atoms with Crippen LogP contribution >= 0.6 is 35.0 Å². The Kier molecular flexibility index (Phi) is 10.7. The highest BCUT2D eigenvalue weighted by molar-refractivity contribution is 8.18. The Morgan fingerprint density at radius 1 is 1.07 bits per heavy atom. The first-order valence-corrected chi connectivity index (χ1v) is 11.7. The summed E-state index contributed by atoms with van der Waals surface area (Å²) in [5.41, 5.74) is 0.762. The molecule has 2 amide bonds. The zero-order chi connectivity index (χ0) is 21.9. The maximum absolute atomic E-state index is 12.4. The van der Waals surface area contributed by atoms with E-state index in [0.717, 1.165) is 31.1 Å². The minimum absolute atomic E-state index is 0.237. The predicted molar refractivity (Wildman–Crippen MR) is 127 cm³/mol. The number of para-hydroxylation sites is 1. The van der Waals surface area contributed by atoms with Gasteiger partial charge in [0, 0.05) is 12.1 Å². The van der Waals surface area contributed by atoms with Gasteiger partial charge in [0.15, 0.2) is 5.17 Å². The third-order valence-corrected chi connectivity index (χ3v) is 6.29. The third-order valence-electron chi connectivity index (χ3n) is 4.60. The molecule has 0 atom stereocenters. The molecule has 1 aliphatic heterocycles. The van der Waals surface area contributed by atoms with E-state index in [1.807, 2.05) is 7.05 Å². The molecule has 0 bridgehead atoms. The normalized spacial score (nSPS) is 16.7. The lowest BCUT2D eigenvalue weighted by molar-refractivity contribution is -0.119. The van der Waals surface area contributed by atoms with Gasteiger partial charge in [-0.25, -0.2) is 4.99 Å². The number of nitrogens with zero attached hydrogens (tertiary/aromatic N) is 1. The minimum atomic E-state index is -0.351. The average Bonchev–Trinajstić information content (AvgIpc) is 3.09. The minimum Gasteiger partial charge on any atom is -0.352 e. The lowest BCUT2D eigenvalue weighted by Crippen LogP contribution is -2.27. The van der Waals surface area contributed by atoms with E-state index in [9.17, 15) is 9.59 Å². The number of unbranched alkanes of at least 4 members (excludes halogenated alkanes) is 5. The number of hydrogen-bond acceptors (Lipinski definition) is 5. The van der Waals surface area contributed by atoms with Crippen molar-refractivity contribution in [3.63, 3.8) is 0 Å². The Labute approximate surface area is 192 Å². The molecule has 164 valence electrons. The van der Waals surface area contributed by atoms with E-state index in [1.165, 1.54) is 25.7 Å². The first-order chi connectivity index (χ1) is 14.4. The summed E-state index contributed by atoms with van der Waals surface area (Å²) >= 11 is 13.4. The van der Waals surface area contributed by atoms with Crippen molar-refractivity contribution in [1.29, 1.82) is 0 Å². The molecule has 1 heterocycles. The fourth-order valence-electron chi connectivity index (χ4n) is 2.89. The Balaban J connectivity index is 1.83. The smallest absolute Gasteiger partial charge is 0.264 e. The van der Waals surface area contributed by atoms with Gasteiger partial charge in [0.25, 0.3) is 5.91 Å². The van der Waals surface area contributed by atoms with Crippen LogP contribution in [0.1, 0.15) is 45.4 Å². The number of benzene rings is 1. The van der Waals surface area contributed by atoms with E-state index in [1.54, 1.807) is 25.1 Å². The molecule has 1 saturated heterocycles. The van der Waals surface area contributed by atoms with E-state index in [0.29, 0.717) is 37.9 Å². The molecule has 0 saturated carbocycles. The van der Waals surface area contributed by atoms with E-state index < -0.39 is 0 Å². The summed E-state index contributed by atoms with van der Waals surface area (Å²) < 4.78 is 0. The van der Waals surface area contributed by atoms with Gasteiger partial charge in [0.2, 0.25) is 5.91 Å². The molecular formula is C21H28Cl2N4O2S. The van der Waals surface area contributed by atoms with Gasteiger partial charge in [-0.1, -0.05) is 55.0 Å². The summed E-state index contributed by atoms with van der Waals surface area (Å²) in [5.74, 6) is -0.588. The number of nitrogens with one attached hydrogen (secondary N) is 3. The summed E-state index contributed by atoms with van der Waals surface area (Å²) in [4.78, 5) is 29.4. The summed E-state index contributed by atoms with van der Waals surface area (Å²) in [6, 6.07) is 5.07.